The molecule has 2 N–H and O–H groups in total. The minimum atomic E-state index is -3.58. The van der Waals surface area contributed by atoms with E-state index in [2.05, 4.69) is 31.4 Å². The molecule has 1 heterocycles. The first-order valence-corrected chi connectivity index (χ1v) is 11.7. The lowest BCUT2D eigenvalue weighted by Gasteiger charge is -2.43. The van der Waals surface area contributed by atoms with Crippen LogP contribution >= 0.6 is 0 Å². The molecule has 0 aromatic heterocycles. The molecule has 3 fully saturated rings. The highest BCUT2D eigenvalue weighted by Crippen LogP contribution is 2.62. The SMILES string of the molecule is CNc1ccc(C(=O)NC2C3(C)CCC(C3)C2(C)C)cc1S(=O)(=O)N1CCC1. The molecule has 1 saturated heterocycles. The highest BCUT2D eigenvalue weighted by Gasteiger charge is 2.59. The summed E-state index contributed by atoms with van der Waals surface area (Å²) in [5.41, 5.74) is 1.11. The van der Waals surface area contributed by atoms with Crippen LogP contribution in [0.25, 0.3) is 0 Å². The average Bonchev–Trinajstić information content (AvgIpc) is 3.07. The molecular weight excluding hydrogens is 374 g/mol. The van der Waals surface area contributed by atoms with Crippen molar-refractivity contribution in [3.05, 3.63) is 23.8 Å². The van der Waals surface area contributed by atoms with Gasteiger partial charge in [-0.3, -0.25) is 4.79 Å². The lowest BCUT2D eigenvalue weighted by Crippen LogP contribution is -2.52. The fraction of sp³-hybridized carbons (Fsp3) is 0.667. The van der Waals surface area contributed by atoms with Crippen LogP contribution < -0.4 is 10.6 Å². The summed E-state index contributed by atoms with van der Waals surface area (Å²) in [7, 11) is -1.88. The highest BCUT2D eigenvalue weighted by atomic mass is 32.2. The van der Waals surface area contributed by atoms with E-state index in [9.17, 15) is 13.2 Å². The zero-order valence-electron chi connectivity index (χ0n) is 17.2. The Morgan fingerprint density at radius 2 is 1.93 bits per heavy atom. The molecule has 0 spiro atoms. The van der Waals surface area contributed by atoms with Crippen molar-refractivity contribution >= 4 is 21.6 Å². The predicted octanol–water partition coefficient (Wildman–Crippen LogP) is 3.07. The van der Waals surface area contributed by atoms with Crippen molar-refractivity contribution < 1.29 is 13.2 Å². The first-order chi connectivity index (χ1) is 13.1. The molecule has 2 aliphatic carbocycles. The number of hydrogen-bond donors (Lipinski definition) is 2. The first kappa shape index (κ1) is 19.7. The largest absolute Gasteiger partial charge is 0.387 e. The molecule has 0 radical (unpaired) electrons. The molecule has 28 heavy (non-hydrogen) atoms. The number of fused-ring (bicyclic) bond motifs is 2. The van der Waals surface area contributed by atoms with E-state index in [4.69, 9.17) is 0 Å². The number of carbonyl (C=O) groups excluding carboxylic acids is 1. The molecule has 1 aromatic carbocycles. The highest BCUT2D eigenvalue weighted by molar-refractivity contribution is 7.89. The zero-order chi connectivity index (χ0) is 20.3. The van der Waals surface area contributed by atoms with Gasteiger partial charge in [-0.15, -0.1) is 0 Å². The molecule has 2 saturated carbocycles. The van der Waals surface area contributed by atoms with E-state index < -0.39 is 10.0 Å². The predicted molar refractivity (Wildman–Crippen MR) is 110 cm³/mol. The molecule has 2 bridgehead atoms. The fourth-order valence-electron chi connectivity index (χ4n) is 5.63. The summed E-state index contributed by atoms with van der Waals surface area (Å²) in [4.78, 5) is 13.3. The van der Waals surface area contributed by atoms with E-state index in [1.54, 1.807) is 19.2 Å². The van der Waals surface area contributed by atoms with E-state index in [-0.39, 0.29) is 27.7 Å². The number of nitrogens with one attached hydrogen (secondary N) is 2. The molecule has 3 atom stereocenters. The molecule has 3 unspecified atom stereocenters. The normalized spacial score (nSPS) is 31.4. The number of carbonyl (C=O) groups is 1. The van der Waals surface area contributed by atoms with Gasteiger partial charge in [0.1, 0.15) is 4.90 Å². The smallest absolute Gasteiger partial charge is 0.251 e. The lowest BCUT2D eigenvalue weighted by atomic mass is 9.68. The van der Waals surface area contributed by atoms with Gasteiger partial charge in [-0.1, -0.05) is 20.8 Å². The van der Waals surface area contributed by atoms with Crippen LogP contribution in [0, 0.1) is 16.7 Å². The van der Waals surface area contributed by atoms with Crippen LogP contribution in [-0.2, 0) is 10.0 Å². The molecular formula is C21H31N3O3S. The second-order valence-corrected chi connectivity index (χ2v) is 11.4. The van der Waals surface area contributed by atoms with Gasteiger partial charge in [-0.25, -0.2) is 8.42 Å². The van der Waals surface area contributed by atoms with Crippen LogP contribution in [0.4, 0.5) is 5.69 Å². The second kappa shape index (κ2) is 6.46. The van der Waals surface area contributed by atoms with Gasteiger partial charge in [-0.2, -0.15) is 4.31 Å². The van der Waals surface area contributed by atoms with Crippen molar-refractivity contribution in [2.45, 2.75) is 57.4 Å². The van der Waals surface area contributed by atoms with Crippen molar-refractivity contribution in [2.24, 2.45) is 16.7 Å². The van der Waals surface area contributed by atoms with Crippen molar-refractivity contribution in [1.29, 1.82) is 0 Å². The summed E-state index contributed by atoms with van der Waals surface area (Å²) >= 11 is 0. The summed E-state index contributed by atoms with van der Waals surface area (Å²) in [6.07, 6.45) is 4.40. The van der Waals surface area contributed by atoms with Crippen LogP contribution in [0.15, 0.2) is 23.1 Å². The van der Waals surface area contributed by atoms with Gasteiger partial charge in [0, 0.05) is 31.7 Å². The number of nitrogens with zero attached hydrogens (tertiary/aromatic N) is 1. The quantitative estimate of drug-likeness (QED) is 0.789. The number of hydrogen-bond acceptors (Lipinski definition) is 4. The number of sulfonamides is 1. The maximum atomic E-state index is 13.1. The maximum Gasteiger partial charge on any atom is 0.251 e. The Bertz CT molecular complexity index is 903. The number of amides is 1. The monoisotopic (exact) mass is 405 g/mol. The van der Waals surface area contributed by atoms with Crippen molar-refractivity contribution in [2.75, 3.05) is 25.5 Å². The number of rotatable bonds is 5. The molecule has 1 aromatic rings. The Labute approximate surface area is 168 Å². The summed E-state index contributed by atoms with van der Waals surface area (Å²) in [5, 5.41) is 6.21. The minimum Gasteiger partial charge on any atom is -0.387 e. The molecule has 1 aliphatic heterocycles. The fourth-order valence-corrected chi connectivity index (χ4v) is 7.37. The molecule has 4 rings (SSSR count). The van der Waals surface area contributed by atoms with Crippen molar-refractivity contribution in [3.63, 3.8) is 0 Å². The molecule has 6 nitrogen and oxygen atoms in total. The van der Waals surface area contributed by atoms with Gasteiger partial charge < -0.3 is 10.6 Å². The summed E-state index contributed by atoms with van der Waals surface area (Å²) < 4.78 is 27.3. The van der Waals surface area contributed by atoms with Crippen LogP contribution in [0.5, 0.6) is 0 Å². The average molecular weight is 406 g/mol. The second-order valence-electron chi connectivity index (χ2n) is 9.54. The van der Waals surface area contributed by atoms with Crippen LogP contribution in [0.2, 0.25) is 0 Å². The van der Waals surface area contributed by atoms with E-state index in [1.807, 2.05) is 0 Å². The third-order valence-corrected chi connectivity index (χ3v) is 9.43. The van der Waals surface area contributed by atoms with Gasteiger partial charge >= 0.3 is 0 Å². The van der Waals surface area contributed by atoms with Crippen LogP contribution in [-0.4, -0.2) is 44.8 Å². The summed E-state index contributed by atoms with van der Waals surface area (Å²) in [6, 6.07) is 5.02. The van der Waals surface area contributed by atoms with E-state index in [0.717, 1.165) is 19.3 Å². The standard InChI is InChI=1S/C21H31N3O3S/c1-20(2)15-8-9-21(3,13-15)19(20)23-18(25)14-6-7-16(22-4)17(12-14)28(26,27)24-10-5-11-24/h6-7,12,15,19,22H,5,8-11,13H2,1-4H3,(H,23,25). The molecule has 1 amide bonds. The third kappa shape index (κ3) is 2.86. The Balaban J connectivity index is 1.63. The van der Waals surface area contributed by atoms with Crippen molar-refractivity contribution in [1.82, 2.24) is 9.62 Å². The van der Waals surface area contributed by atoms with Gasteiger partial charge in [0.15, 0.2) is 0 Å². The third-order valence-electron chi connectivity index (χ3n) is 7.49. The zero-order valence-corrected chi connectivity index (χ0v) is 18.0. The van der Waals surface area contributed by atoms with E-state index in [1.165, 1.54) is 16.8 Å². The van der Waals surface area contributed by atoms with Gasteiger partial charge in [0.05, 0.1) is 5.69 Å². The molecule has 3 aliphatic rings. The Kier molecular flexibility index (Phi) is 4.54. The lowest BCUT2D eigenvalue weighted by molar-refractivity contribution is 0.0737. The van der Waals surface area contributed by atoms with Gasteiger partial charge in [-0.05, 0) is 60.6 Å². The van der Waals surface area contributed by atoms with Crippen molar-refractivity contribution in [3.8, 4) is 0 Å². The van der Waals surface area contributed by atoms with Gasteiger partial charge in [0.25, 0.3) is 5.91 Å². The van der Waals surface area contributed by atoms with E-state index >= 15 is 0 Å². The van der Waals surface area contributed by atoms with Crippen LogP contribution in [0.3, 0.4) is 0 Å². The topological polar surface area (TPSA) is 78.5 Å². The number of anilines is 1. The Morgan fingerprint density at radius 1 is 1.21 bits per heavy atom. The van der Waals surface area contributed by atoms with Gasteiger partial charge in [0.2, 0.25) is 10.0 Å². The first-order valence-electron chi connectivity index (χ1n) is 10.2. The number of benzene rings is 1. The van der Waals surface area contributed by atoms with Crippen LogP contribution in [0.1, 0.15) is 56.8 Å². The maximum absolute atomic E-state index is 13.1. The molecule has 154 valence electrons. The summed E-state index contributed by atoms with van der Waals surface area (Å²) in [5.74, 6) is 0.450. The van der Waals surface area contributed by atoms with E-state index in [0.29, 0.717) is 30.3 Å². The minimum absolute atomic E-state index is 0.0557. The Morgan fingerprint density at radius 3 is 2.46 bits per heavy atom. The summed E-state index contributed by atoms with van der Waals surface area (Å²) in [6.45, 7) is 7.85. The molecule has 7 heteroatoms. The Hall–Kier alpha value is -1.60.